The number of nitrogens with one attached hydrogen (secondary N) is 1. The van der Waals surface area contributed by atoms with E-state index < -0.39 is 5.54 Å². The minimum absolute atomic E-state index is 0.0683. The summed E-state index contributed by atoms with van der Waals surface area (Å²) >= 11 is 0. The van der Waals surface area contributed by atoms with Gasteiger partial charge in [-0.15, -0.1) is 0 Å². The Kier molecular flexibility index (Phi) is 2.42. The molecule has 1 aromatic carbocycles. The van der Waals surface area contributed by atoms with Crippen molar-refractivity contribution in [3.63, 3.8) is 0 Å². The fraction of sp³-hybridized carbons (Fsp3) is 0.333. The Morgan fingerprint density at radius 2 is 1.94 bits per heavy atom. The number of nitrogens with zero attached hydrogens (tertiary/aromatic N) is 1. The van der Waals surface area contributed by atoms with Crippen molar-refractivity contribution >= 4 is 11.7 Å². The van der Waals surface area contributed by atoms with Gasteiger partial charge in [0.1, 0.15) is 17.1 Å². The summed E-state index contributed by atoms with van der Waals surface area (Å²) < 4.78 is 0. The van der Waals surface area contributed by atoms with Crippen molar-refractivity contribution in [1.29, 1.82) is 0 Å². The lowest BCUT2D eigenvalue weighted by Gasteiger charge is -2.07. The van der Waals surface area contributed by atoms with E-state index in [-0.39, 0.29) is 11.7 Å². The zero-order valence-electron chi connectivity index (χ0n) is 9.32. The van der Waals surface area contributed by atoms with Crippen molar-refractivity contribution in [2.24, 2.45) is 4.99 Å². The van der Waals surface area contributed by atoms with E-state index in [0.29, 0.717) is 12.3 Å². The van der Waals surface area contributed by atoms with E-state index in [9.17, 15) is 4.79 Å². The molecule has 0 bridgehead atoms. The standard InChI is InChI=1S/C12H14N2O2/c1-12(2)11(16)13-10(14-12)7-8-3-5-9(15)6-4-8/h3-6,15H,7H2,1-2H3,(H,13,14,16). The lowest BCUT2D eigenvalue weighted by molar-refractivity contribution is -0.122. The van der Waals surface area contributed by atoms with Crippen LogP contribution in [-0.2, 0) is 11.2 Å². The number of hydrogen-bond acceptors (Lipinski definition) is 3. The highest BCUT2D eigenvalue weighted by molar-refractivity contribution is 6.08. The number of carbonyl (C=O) groups is 1. The Bertz CT molecular complexity index is 447. The van der Waals surface area contributed by atoms with E-state index in [1.165, 1.54) is 0 Å². The van der Waals surface area contributed by atoms with E-state index in [2.05, 4.69) is 10.3 Å². The number of phenolic OH excluding ortho intramolecular Hbond substituents is 1. The first-order valence-corrected chi connectivity index (χ1v) is 5.15. The summed E-state index contributed by atoms with van der Waals surface area (Å²) in [6.07, 6.45) is 0.579. The van der Waals surface area contributed by atoms with Crippen molar-refractivity contribution in [2.75, 3.05) is 0 Å². The molecule has 1 aromatic rings. The Morgan fingerprint density at radius 1 is 1.31 bits per heavy atom. The van der Waals surface area contributed by atoms with Gasteiger partial charge in [0, 0.05) is 6.42 Å². The van der Waals surface area contributed by atoms with Crippen LogP contribution in [0.4, 0.5) is 0 Å². The molecule has 1 aliphatic rings. The Hall–Kier alpha value is -1.84. The zero-order chi connectivity index (χ0) is 11.8. The van der Waals surface area contributed by atoms with Crippen LogP contribution in [0.15, 0.2) is 29.3 Å². The summed E-state index contributed by atoms with van der Waals surface area (Å²) in [6, 6.07) is 6.88. The lowest BCUT2D eigenvalue weighted by Crippen LogP contribution is -2.34. The van der Waals surface area contributed by atoms with Crippen LogP contribution in [0.5, 0.6) is 5.75 Å². The first-order chi connectivity index (χ1) is 7.47. The van der Waals surface area contributed by atoms with Crippen LogP contribution in [0, 0.1) is 0 Å². The maximum atomic E-state index is 11.5. The van der Waals surface area contributed by atoms with Gasteiger partial charge in [-0.2, -0.15) is 0 Å². The molecule has 0 aromatic heterocycles. The summed E-state index contributed by atoms with van der Waals surface area (Å²) in [4.78, 5) is 15.8. The Labute approximate surface area is 94.0 Å². The monoisotopic (exact) mass is 218 g/mol. The first-order valence-electron chi connectivity index (χ1n) is 5.15. The van der Waals surface area contributed by atoms with Crippen LogP contribution < -0.4 is 5.32 Å². The van der Waals surface area contributed by atoms with Gasteiger partial charge in [-0.25, -0.2) is 0 Å². The third-order valence-electron chi connectivity index (χ3n) is 2.54. The molecule has 0 unspecified atom stereocenters. The van der Waals surface area contributed by atoms with Crippen LogP contribution in [-0.4, -0.2) is 22.4 Å². The summed E-state index contributed by atoms with van der Waals surface area (Å²) in [5.74, 6) is 0.850. The topological polar surface area (TPSA) is 61.7 Å². The van der Waals surface area contributed by atoms with Gasteiger partial charge in [0.15, 0.2) is 0 Å². The summed E-state index contributed by atoms with van der Waals surface area (Å²) in [5, 5.41) is 11.9. The molecule has 4 nitrogen and oxygen atoms in total. The first kappa shape index (κ1) is 10.7. The molecule has 0 fully saturated rings. The lowest BCUT2D eigenvalue weighted by atomic mass is 10.1. The number of amides is 1. The fourth-order valence-electron chi connectivity index (χ4n) is 1.59. The van der Waals surface area contributed by atoms with Crippen molar-refractivity contribution in [1.82, 2.24) is 5.32 Å². The van der Waals surface area contributed by atoms with E-state index in [1.54, 1.807) is 26.0 Å². The minimum Gasteiger partial charge on any atom is -0.508 e. The average Bonchev–Trinajstić information content (AvgIpc) is 2.44. The number of aliphatic imine (C=N–C) groups is 1. The molecule has 16 heavy (non-hydrogen) atoms. The number of aromatic hydroxyl groups is 1. The van der Waals surface area contributed by atoms with Crippen LogP contribution in [0.1, 0.15) is 19.4 Å². The SMILES string of the molecule is CC1(C)N=C(Cc2ccc(O)cc2)NC1=O. The molecule has 0 saturated heterocycles. The quantitative estimate of drug-likeness (QED) is 0.784. The van der Waals surface area contributed by atoms with Crippen molar-refractivity contribution in [3.05, 3.63) is 29.8 Å². The molecule has 0 saturated carbocycles. The maximum absolute atomic E-state index is 11.5. The number of carbonyl (C=O) groups excluding carboxylic acids is 1. The van der Waals surface area contributed by atoms with Crippen molar-refractivity contribution in [3.8, 4) is 5.75 Å². The normalized spacial score (nSPS) is 18.1. The number of rotatable bonds is 2. The number of benzene rings is 1. The molecule has 1 amide bonds. The van der Waals surface area contributed by atoms with E-state index in [1.807, 2.05) is 12.1 Å². The van der Waals surface area contributed by atoms with Gasteiger partial charge in [0.05, 0.1) is 0 Å². The molecule has 2 rings (SSSR count). The fourth-order valence-corrected chi connectivity index (χ4v) is 1.59. The third-order valence-corrected chi connectivity index (χ3v) is 2.54. The van der Waals surface area contributed by atoms with Crippen LogP contribution in [0.3, 0.4) is 0 Å². The van der Waals surface area contributed by atoms with E-state index >= 15 is 0 Å². The summed E-state index contributed by atoms with van der Waals surface area (Å²) in [7, 11) is 0. The molecule has 1 heterocycles. The number of phenols is 1. The van der Waals surface area contributed by atoms with E-state index in [4.69, 9.17) is 5.11 Å². The van der Waals surface area contributed by atoms with Gasteiger partial charge in [-0.05, 0) is 31.5 Å². The largest absolute Gasteiger partial charge is 0.508 e. The molecule has 4 heteroatoms. The summed E-state index contributed by atoms with van der Waals surface area (Å²) in [6.45, 7) is 3.57. The number of amidine groups is 1. The van der Waals surface area contributed by atoms with Gasteiger partial charge in [-0.3, -0.25) is 9.79 Å². The second-order valence-electron chi connectivity index (χ2n) is 4.41. The predicted molar refractivity (Wildman–Crippen MR) is 61.5 cm³/mol. The second-order valence-corrected chi connectivity index (χ2v) is 4.41. The molecular formula is C12H14N2O2. The molecule has 2 N–H and O–H groups in total. The van der Waals surface area contributed by atoms with Crippen LogP contribution in [0.25, 0.3) is 0 Å². The van der Waals surface area contributed by atoms with Crippen LogP contribution in [0.2, 0.25) is 0 Å². The highest BCUT2D eigenvalue weighted by atomic mass is 16.3. The third kappa shape index (κ3) is 2.05. The van der Waals surface area contributed by atoms with Gasteiger partial charge < -0.3 is 10.4 Å². The molecular weight excluding hydrogens is 204 g/mol. The molecule has 0 atom stereocenters. The van der Waals surface area contributed by atoms with E-state index in [0.717, 1.165) is 5.56 Å². The smallest absolute Gasteiger partial charge is 0.252 e. The van der Waals surface area contributed by atoms with Gasteiger partial charge in [-0.1, -0.05) is 12.1 Å². The molecule has 0 radical (unpaired) electrons. The Morgan fingerprint density at radius 3 is 2.44 bits per heavy atom. The maximum Gasteiger partial charge on any atom is 0.252 e. The average molecular weight is 218 g/mol. The van der Waals surface area contributed by atoms with Gasteiger partial charge in [0.25, 0.3) is 5.91 Å². The summed E-state index contributed by atoms with van der Waals surface area (Å²) in [5.41, 5.74) is 0.348. The van der Waals surface area contributed by atoms with Crippen LogP contribution >= 0.6 is 0 Å². The zero-order valence-corrected chi connectivity index (χ0v) is 9.32. The molecule has 84 valence electrons. The predicted octanol–water partition coefficient (Wildman–Crippen LogP) is 1.24. The Balaban J connectivity index is 2.12. The van der Waals surface area contributed by atoms with Crippen molar-refractivity contribution in [2.45, 2.75) is 25.8 Å². The molecule has 1 aliphatic heterocycles. The molecule has 0 spiro atoms. The van der Waals surface area contributed by atoms with Gasteiger partial charge >= 0.3 is 0 Å². The highest BCUT2D eigenvalue weighted by Gasteiger charge is 2.33. The second kappa shape index (κ2) is 3.63. The highest BCUT2D eigenvalue weighted by Crippen LogP contribution is 2.17. The van der Waals surface area contributed by atoms with Gasteiger partial charge in [0.2, 0.25) is 0 Å². The molecule has 0 aliphatic carbocycles. The minimum atomic E-state index is -0.660. The van der Waals surface area contributed by atoms with Crippen molar-refractivity contribution < 1.29 is 9.90 Å². The number of hydrogen-bond donors (Lipinski definition) is 2.